The Hall–Kier alpha value is -2.86. The van der Waals surface area contributed by atoms with Crippen molar-refractivity contribution < 1.29 is 22.7 Å². The van der Waals surface area contributed by atoms with Gasteiger partial charge in [0.25, 0.3) is 0 Å². The second-order valence-corrected chi connectivity index (χ2v) is 7.10. The standard InChI is InChI=1S/C22H16F3NO2/c23-22(24,25)14-6-3-5-13(11-14)19-16(18-9-4-10-28-18)12-26-17-8-2-1-7-15(17)21(27)20(19)26/h1-3,5-8,11-12,18H,4,9-10H2. The largest absolute Gasteiger partial charge is 0.416 e. The summed E-state index contributed by atoms with van der Waals surface area (Å²) in [6.45, 7) is 0.609. The Labute approximate surface area is 159 Å². The summed E-state index contributed by atoms with van der Waals surface area (Å²) in [5.74, 6) is -0.174. The van der Waals surface area contributed by atoms with Crippen LogP contribution in [0, 0.1) is 0 Å². The number of halogens is 3. The average Bonchev–Trinajstić information content (AvgIpc) is 3.39. The van der Waals surface area contributed by atoms with Gasteiger partial charge in [-0.2, -0.15) is 13.2 Å². The van der Waals surface area contributed by atoms with Gasteiger partial charge in [-0.25, -0.2) is 0 Å². The number of nitrogens with zero attached hydrogens (tertiary/aromatic N) is 1. The lowest BCUT2D eigenvalue weighted by Gasteiger charge is -2.14. The van der Waals surface area contributed by atoms with Crippen LogP contribution < -0.4 is 0 Å². The number of para-hydroxylation sites is 1. The highest BCUT2D eigenvalue weighted by Crippen LogP contribution is 2.44. The second kappa shape index (κ2) is 6.07. The minimum atomic E-state index is -4.45. The number of ether oxygens (including phenoxy) is 1. The van der Waals surface area contributed by atoms with Crippen LogP contribution in [0.5, 0.6) is 0 Å². The number of hydrogen-bond donors (Lipinski definition) is 0. The van der Waals surface area contributed by atoms with Gasteiger partial charge < -0.3 is 9.30 Å². The highest BCUT2D eigenvalue weighted by Gasteiger charge is 2.36. The van der Waals surface area contributed by atoms with E-state index in [0.29, 0.717) is 29.0 Å². The predicted octanol–water partition coefficient (Wildman–Crippen LogP) is 5.56. The van der Waals surface area contributed by atoms with Gasteiger partial charge in [0, 0.05) is 29.5 Å². The third kappa shape index (κ3) is 2.52. The molecule has 0 amide bonds. The van der Waals surface area contributed by atoms with Crippen LogP contribution in [0.15, 0.2) is 54.7 Å². The first-order valence-corrected chi connectivity index (χ1v) is 9.14. The van der Waals surface area contributed by atoms with Crippen LogP contribution in [0.1, 0.15) is 46.1 Å². The van der Waals surface area contributed by atoms with E-state index in [-0.39, 0.29) is 11.9 Å². The average molecular weight is 383 g/mol. The van der Waals surface area contributed by atoms with Crippen molar-refractivity contribution >= 4 is 5.78 Å². The molecule has 5 rings (SSSR count). The minimum Gasteiger partial charge on any atom is -0.373 e. The van der Waals surface area contributed by atoms with Crippen molar-refractivity contribution in [2.24, 2.45) is 0 Å². The molecule has 1 fully saturated rings. The fraction of sp³-hybridized carbons (Fsp3) is 0.227. The van der Waals surface area contributed by atoms with Crippen molar-refractivity contribution in [2.45, 2.75) is 25.1 Å². The van der Waals surface area contributed by atoms with Crippen molar-refractivity contribution in [2.75, 3.05) is 6.61 Å². The van der Waals surface area contributed by atoms with Crippen LogP contribution in [-0.4, -0.2) is 17.0 Å². The number of hydrogen-bond acceptors (Lipinski definition) is 2. The first kappa shape index (κ1) is 17.3. The summed E-state index contributed by atoms with van der Waals surface area (Å²) in [5.41, 5.74) is 2.69. The number of rotatable bonds is 2. The number of carbonyl (C=O) groups is 1. The van der Waals surface area contributed by atoms with Gasteiger partial charge in [0.05, 0.1) is 17.4 Å². The van der Waals surface area contributed by atoms with Gasteiger partial charge >= 0.3 is 6.18 Å². The Bertz CT molecular complexity index is 1090. The van der Waals surface area contributed by atoms with Gasteiger partial charge in [-0.05, 0) is 42.7 Å². The number of ketones is 1. The third-order valence-corrected chi connectivity index (χ3v) is 5.41. The van der Waals surface area contributed by atoms with Crippen molar-refractivity contribution in [1.82, 2.24) is 4.57 Å². The summed E-state index contributed by atoms with van der Waals surface area (Å²) in [6, 6.07) is 12.4. The fourth-order valence-electron chi connectivity index (χ4n) is 4.16. The number of alkyl halides is 3. The Morgan fingerprint density at radius 2 is 1.89 bits per heavy atom. The van der Waals surface area contributed by atoms with E-state index in [0.717, 1.165) is 36.2 Å². The Kier molecular flexibility index (Phi) is 3.74. The summed E-state index contributed by atoms with van der Waals surface area (Å²) in [7, 11) is 0. The molecule has 0 radical (unpaired) electrons. The molecule has 6 heteroatoms. The molecular formula is C22H16F3NO2. The molecule has 3 heterocycles. The molecule has 28 heavy (non-hydrogen) atoms. The second-order valence-electron chi connectivity index (χ2n) is 7.10. The molecule has 2 aliphatic heterocycles. The van der Waals surface area contributed by atoms with Crippen LogP contribution in [0.2, 0.25) is 0 Å². The highest BCUT2D eigenvalue weighted by molar-refractivity contribution is 6.17. The van der Waals surface area contributed by atoms with E-state index >= 15 is 0 Å². The molecule has 0 aliphatic carbocycles. The van der Waals surface area contributed by atoms with Gasteiger partial charge in [-0.15, -0.1) is 0 Å². The van der Waals surface area contributed by atoms with Gasteiger partial charge in [-0.1, -0.05) is 24.3 Å². The zero-order chi connectivity index (χ0) is 19.5. The minimum absolute atomic E-state index is 0.174. The van der Waals surface area contributed by atoms with Crippen LogP contribution >= 0.6 is 0 Å². The van der Waals surface area contributed by atoms with E-state index in [1.807, 2.05) is 18.3 Å². The molecule has 1 aromatic heterocycles. The lowest BCUT2D eigenvalue weighted by Crippen LogP contribution is -2.06. The third-order valence-electron chi connectivity index (χ3n) is 5.41. The molecule has 0 bridgehead atoms. The molecule has 0 saturated carbocycles. The molecule has 0 N–H and O–H groups in total. The molecule has 3 aromatic rings. The van der Waals surface area contributed by atoms with E-state index in [9.17, 15) is 18.0 Å². The van der Waals surface area contributed by atoms with Gasteiger partial charge in [0.15, 0.2) is 0 Å². The van der Waals surface area contributed by atoms with Crippen LogP contribution in [-0.2, 0) is 10.9 Å². The maximum Gasteiger partial charge on any atom is 0.416 e. The molecular weight excluding hydrogens is 367 g/mol. The lowest BCUT2D eigenvalue weighted by molar-refractivity contribution is -0.137. The number of benzene rings is 2. The van der Waals surface area contributed by atoms with Crippen molar-refractivity contribution in [3.8, 4) is 16.8 Å². The monoisotopic (exact) mass is 383 g/mol. The molecule has 2 aromatic carbocycles. The number of carbonyl (C=O) groups excluding carboxylic acids is 1. The van der Waals surface area contributed by atoms with Crippen molar-refractivity contribution in [1.29, 1.82) is 0 Å². The first-order valence-electron chi connectivity index (χ1n) is 9.14. The zero-order valence-corrected chi connectivity index (χ0v) is 14.8. The molecule has 0 spiro atoms. The Balaban J connectivity index is 1.76. The summed E-state index contributed by atoms with van der Waals surface area (Å²) in [4.78, 5) is 13.1. The van der Waals surface area contributed by atoms with Gasteiger partial charge in [0.2, 0.25) is 5.78 Å². The number of aromatic nitrogens is 1. The number of fused-ring (bicyclic) bond motifs is 3. The molecule has 3 nitrogen and oxygen atoms in total. The van der Waals surface area contributed by atoms with Gasteiger partial charge in [0.1, 0.15) is 5.69 Å². The first-order chi connectivity index (χ1) is 13.4. The maximum atomic E-state index is 13.3. The molecule has 1 unspecified atom stereocenters. The summed E-state index contributed by atoms with van der Waals surface area (Å²) in [5, 5.41) is 0. The molecule has 1 saturated heterocycles. The molecule has 1 atom stereocenters. The van der Waals surface area contributed by atoms with Gasteiger partial charge in [-0.3, -0.25) is 4.79 Å². The Morgan fingerprint density at radius 3 is 2.64 bits per heavy atom. The maximum absolute atomic E-state index is 13.3. The summed E-state index contributed by atoms with van der Waals surface area (Å²) >= 11 is 0. The summed E-state index contributed by atoms with van der Waals surface area (Å²) < 4.78 is 47.4. The predicted molar refractivity (Wildman–Crippen MR) is 97.6 cm³/mol. The van der Waals surface area contributed by atoms with E-state index in [4.69, 9.17) is 4.74 Å². The smallest absolute Gasteiger partial charge is 0.373 e. The van der Waals surface area contributed by atoms with E-state index in [2.05, 4.69) is 0 Å². The topological polar surface area (TPSA) is 31.2 Å². The van der Waals surface area contributed by atoms with E-state index in [1.54, 1.807) is 22.8 Å². The quantitative estimate of drug-likeness (QED) is 0.454. The summed E-state index contributed by atoms with van der Waals surface area (Å²) in [6.07, 6.45) is -1.15. The molecule has 2 aliphatic rings. The van der Waals surface area contributed by atoms with Crippen molar-refractivity contribution in [3.05, 3.63) is 77.1 Å². The Morgan fingerprint density at radius 1 is 1.07 bits per heavy atom. The highest BCUT2D eigenvalue weighted by atomic mass is 19.4. The van der Waals surface area contributed by atoms with E-state index < -0.39 is 11.7 Å². The molecule has 142 valence electrons. The van der Waals surface area contributed by atoms with Crippen LogP contribution in [0.25, 0.3) is 16.8 Å². The SMILES string of the molecule is O=C1c2ccccc2-n2cc(C3CCCO3)c(-c3cccc(C(F)(F)F)c3)c21. The normalized spacial score (nSPS) is 18.4. The fourth-order valence-corrected chi connectivity index (χ4v) is 4.16. The zero-order valence-electron chi connectivity index (χ0n) is 14.8. The van der Waals surface area contributed by atoms with Crippen LogP contribution in [0.4, 0.5) is 13.2 Å². The van der Waals surface area contributed by atoms with Crippen molar-refractivity contribution in [3.63, 3.8) is 0 Å². The van der Waals surface area contributed by atoms with Crippen LogP contribution in [0.3, 0.4) is 0 Å². The lowest BCUT2D eigenvalue weighted by atomic mass is 9.93. The van der Waals surface area contributed by atoms with E-state index in [1.165, 1.54) is 6.07 Å².